The molecule has 0 saturated carbocycles. The number of hydrogen-bond acceptors (Lipinski definition) is 14. The van der Waals surface area contributed by atoms with Gasteiger partial charge in [0.25, 0.3) is 5.91 Å². The molecule has 0 aliphatic carbocycles. The fourth-order valence-electron chi connectivity index (χ4n) is 4.14. The largest absolute Gasteiger partial charge is 0.394 e. The number of rotatable bonds is 9. The minimum atomic E-state index is -1.65. The maximum absolute atomic E-state index is 13.4. The molecule has 0 radical (unpaired) electrons. The first-order valence-corrected chi connectivity index (χ1v) is 14.2. The van der Waals surface area contributed by atoms with Crippen molar-refractivity contribution in [3.63, 3.8) is 0 Å². The molecular formula is C24H42N14O8. The van der Waals surface area contributed by atoms with Gasteiger partial charge >= 0.3 is 6.03 Å². The Morgan fingerprint density at radius 3 is 2.35 bits per heavy atom. The van der Waals surface area contributed by atoms with E-state index in [1.807, 2.05) is 5.32 Å². The van der Waals surface area contributed by atoms with Crippen molar-refractivity contribution in [3.8, 4) is 0 Å². The number of amides is 8. The molecule has 8 amide bonds. The monoisotopic (exact) mass is 654 g/mol. The van der Waals surface area contributed by atoms with Crippen LogP contribution in [0.25, 0.3) is 0 Å². The fraction of sp³-hybridized carbons (Fsp3) is 0.583. The van der Waals surface area contributed by atoms with E-state index in [9.17, 15) is 38.7 Å². The summed E-state index contributed by atoms with van der Waals surface area (Å²) in [5, 5.41) is 28.6. The van der Waals surface area contributed by atoms with Crippen LogP contribution in [0.1, 0.15) is 19.3 Å². The number of nitrogens with two attached hydrogens (primary N) is 5. The van der Waals surface area contributed by atoms with Gasteiger partial charge in [-0.25, -0.2) is 4.79 Å². The highest BCUT2D eigenvalue weighted by atomic mass is 16.3. The molecule has 0 aromatic carbocycles. The number of carbonyl (C=O) groups excluding carboxylic acids is 7. The lowest BCUT2D eigenvalue weighted by molar-refractivity contribution is -0.134. The van der Waals surface area contributed by atoms with Gasteiger partial charge in [0, 0.05) is 25.8 Å². The molecule has 0 bridgehead atoms. The van der Waals surface area contributed by atoms with Gasteiger partial charge < -0.3 is 76.3 Å². The third-order valence-corrected chi connectivity index (χ3v) is 6.71. The third-order valence-electron chi connectivity index (χ3n) is 6.71. The Morgan fingerprint density at radius 1 is 1.02 bits per heavy atom. The van der Waals surface area contributed by atoms with Gasteiger partial charge in [-0.15, -0.1) is 0 Å². The first-order chi connectivity index (χ1) is 21.8. The second-order valence-electron chi connectivity index (χ2n) is 10.3. The molecule has 1 saturated heterocycles. The van der Waals surface area contributed by atoms with Gasteiger partial charge in [-0.2, -0.15) is 0 Å². The van der Waals surface area contributed by atoms with Crippen LogP contribution in [0.2, 0.25) is 0 Å². The summed E-state index contributed by atoms with van der Waals surface area (Å²) in [6, 6.07) is -9.04. The van der Waals surface area contributed by atoms with Gasteiger partial charge in [-0.3, -0.25) is 33.8 Å². The zero-order valence-electron chi connectivity index (χ0n) is 24.8. The molecule has 256 valence electrons. The molecule has 2 heterocycles. The molecule has 0 spiro atoms. The maximum atomic E-state index is 13.4. The van der Waals surface area contributed by atoms with Crippen molar-refractivity contribution in [3.05, 3.63) is 11.9 Å². The van der Waals surface area contributed by atoms with Gasteiger partial charge in [0.15, 0.2) is 5.96 Å². The van der Waals surface area contributed by atoms with E-state index in [-0.39, 0.29) is 31.9 Å². The number of urea groups is 1. The minimum Gasteiger partial charge on any atom is -0.394 e. The molecule has 22 nitrogen and oxygen atoms in total. The zero-order valence-corrected chi connectivity index (χ0v) is 24.8. The molecule has 0 aromatic rings. The van der Waals surface area contributed by atoms with Crippen molar-refractivity contribution < 1.29 is 38.7 Å². The van der Waals surface area contributed by atoms with Crippen molar-refractivity contribution in [1.29, 1.82) is 0 Å². The van der Waals surface area contributed by atoms with Crippen LogP contribution >= 0.6 is 0 Å². The van der Waals surface area contributed by atoms with E-state index in [2.05, 4.69) is 42.2 Å². The van der Waals surface area contributed by atoms with E-state index in [1.165, 1.54) is 0 Å². The molecular weight excluding hydrogens is 612 g/mol. The predicted molar refractivity (Wildman–Crippen MR) is 160 cm³/mol. The first kappa shape index (κ1) is 37.1. The number of carbonyl (C=O) groups is 7. The Hall–Kier alpha value is -5.06. The van der Waals surface area contributed by atoms with Crippen molar-refractivity contribution in [2.45, 2.75) is 55.5 Å². The maximum Gasteiger partial charge on any atom is 0.316 e. The Bertz CT molecular complexity index is 1230. The van der Waals surface area contributed by atoms with E-state index in [1.54, 1.807) is 0 Å². The number of nitrogens with zero attached hydrogens (tertiary/aromatic N) is 1. The summed E-state index contributed by atoms with van der Waals surface area (Å²) in [4.78, 5) is 93.7. The van der Waals surface area contributed by atoms with Crippen LogP contribution in [0.3, 0.4) is 0 Å². The van der Waals surface area contributed by atoms with E-state index >= 15 is 0 Å². The van der Waals surface area contributed by atoms with Crippen molar-refractivity contribution in [2.24, 2.45) is 33.7 Å². The molecule has 1 unspecified atom stereocenters. The summed E-state index contributed by atoms with van der Waals surface area (Å²) in [5.74, 6) is -5.78. The molecule has 1 fully saturated rings. The lowest BCUT2D eigenvalue weighted by Gasteiger charge is -2.31. The van der Waals surface area contributed by atoms with Crippen LogP contribution < -0.4 is 71.2 Å². The molecule has 2 aliphatic heterocycles. The molecule has 6 atom stereocenters. The van der Waals surface area contributed by atoms with E-state index in [0.29, 0.717) is 6.42 Å². The van der Waals surface area contributed by atoms with Gasteiger partial charge in [-0.1, -0.05) is 0 Å². The summed E-state index contributed by atoms with van der Waals surface area (Å²) >= 11 is 0. The molecule has 0 aromatic heterocycles. The number of aliphatic imine (C=N–C) groups is 1. The highest BCUT2D eigenvalue weighted by Crippen LogP contribution is 2.07. The van der Waals surface area contributed by atoms with Gasteiger partial charge in [0.1, 0.15) is 29.9 Å². The van der Waals surface area contributed by atoms with Crippen LogP contribution in [0, 0.1) is 0 Å². The number of guanidine groups is 1. The SMILES string of the molecule is NCCC[C@H](N)C(=O)NC[C@H]1NC(=O)[C@H](CO)NC(=O)[C@H](N)CNC(=O)[C@@H](C2CCN=C(N)N2)NC(=O)/C(=C/NC(N)=O)NC1=O. The smallest absolute Gasteiger partial charge is 0.316 e. The summed E-state index contributed by atoms with van der Waals surface area (Å²) in [7, 11) is 0. The number of primary amides is 1. The third kappa shape index (κ3) is 11.5. The number of aliphatic hydroxyl groups is 1. The second kappa shape index (κ2) is 18.0. The second-order valence-corrected chi connectivity index (χ2v) is 10.3. The molecule has 22 heteroatoms. The normalized spacial score (nSPS) is 26.6. The van der Waals surface area contributed by atoms with Gasteiger partial charge in [-0.05, 0) is 25.8 Å². The van der Waals surface area contributed by atoms with Gasteiger partial charge in [0.05, 0.1) is 18.7 Å². The van der Waals surface area contributed by atoms with E-state index < -0.39 is 103 Å². The Morgan fingerprint density at radius 2 is 1.72 bits per heavy atom. The Kier molecular flexibility index (Phi) is 14.6. The quantitative estimate of drug-likeness (QED) is 0.103. The highest BCUT2D eigenvalue weighted by molar-refractivity contribution is 6.02. The number of nitrogens with one attached hydrogen (secondary N) is 8. The minimum absolute atomic E-state index is 0.0144. The van der Waals surface area contributed by atoms with E-state index in [0.717, 1.165) is 6.20 Å². The van der Waals surface area contributed by atoms with Crippen LogP contribution in [0.5, 0.6) is 0 Å². The summed E-state index contributed by atoms with van der Waals surface area (Å²) in [6.45, 7) is -1.51. The number of aliphatic hydroxyl groups excluding tert-OH is 1. The Balaban J connectivity index is 2.49. The van der Waals surface area contributed by atoms with Crippen LogP contribution in [0.4, 0.5) is 4.79 Å². The molecule has 19 N–H and O–H groups in total. The topological polar surface area (TPSA) is 378 Å². The lowest BCUT2D eigenvalue weighted by Crippen LogP contribution is -2.64. The van der Waals surface area contributed by atoms with Crippen LogP contribution in [0.15, 0.2) is 16.9 Å². The summed E-state index contributed by atoms with van der Waals surface area (Å²) < 4.78 is 0. The lowest BCUT2D eigenvalue weighted by atomic mass is 10.0. The average Bonchev–Trinajstić information content (AvgIpc) is 3.02. The number of hydrogen-bond donors (Lipinski definition) is 14. The fourth-order valence-corrected chi connectivity index (χ4v) is 4.14. The Labute approximate surface area is 262 Å². The average molecular weight is 655 g/mol. The van der Waals surface area contributed by atoms with Crippen molar-refractivity contribution >= 4 is 47.4 Å². The zero-order chi connectivity index (χ0) is 34.4. The van der Waals surface area contributed by atoms with Gasteiger partial charge in [0.2, 0.25) is 29.5 Å². The highest BCUT2D eigenvalue weighted by Gasteiger charge is 2.35. The van der Waals surface area contributed by atoms with E-state index in [4.69, 9.17) is 28.7 Å². The molecule has 46 heavy (non-hydrogen) atoms. The summed E-state index contributed by atoms with van der Waals surface area (Å²) in [6.07, 6.45) is 1.61. The van der Waals surface area contributed by atoms with Crippen LogP contribution in [-0.2, 0) is 28.8 Å². The summed E-state index contributed by atoms with van der Waals surface area (Å²) in [5.41, 5.74) is 27.4. The predicted octanol–water partition coefficient (Wildman–Crippen LogP) is -8.62. The van der Waals surface area contributed by atoms with Crippen molar-refractivity contribution in [2.75, 3.05) is 32.8 Å². The van der Waals surface area contributed by atoms with Crippen LogP contribution in [-0.4, -0.2) is 122 Å². The first-order valence-electron chi connectivity index (χ1n) is 14.2. The molecule has 2 rings (SSSR count). The molecule has 2 aliphatic rings. The standard InChI is InChI=1S/C24H42N14O8/c25-4-1-2-10(26)17(40)32-7-13-19(42)34-14(8-33-24(29)46)20(43)38-16(12-3-5-30-23(28)37-12)22(45)31-6-11(27)18(41)36-15(9-39)21(44)35-13/h8,10-13,15-16,39H,1-7,9,25-27H2,(H,31,45)(H,32,40)(H,34,42)(H,35,44)(H,36,41)(H,38,43)(H3,28,30,37)(H3,29,33,46)/b14-8-/t10-,11+,12?,13+,15-,16+/m0/s1. The van der Waals surface area contributed by atoms with Crippen molar-refractivity contribution in [1.82, 2.24) is 42.5 Å².